The molecule has 4 aromatic heterocycles. The number of benzene rings is 4. The van der Waals surface area contributed by atoms with Crippen LogP contribution >= 0.6 is 0 Å². The third-order valence-corrected chi connectivity index (χ3v) is 14.7. The van der Waals surface area contributed by atoms with Crippen LogP contribution in [0.3, 0.4) is 0 Å². The van der Waals surface area contributed by atoms with Crippen LogP contribution in [0, 0.1) is 43.5 Å². The zero-order valence-electron chi connectivity index (χ0n) is 42.6. The van der Waals surface area contributed by atoms with Crippen molar-refractivity contribution in [2.75, 3.05) is 118 Å². The second kappa shape index (κ2) is 22.5. The molecule has 0 bridgehead atoms. The number of aromatic nitrogens is 6. The van der Waals surface area contributed by atoms with E-state index in [-0.39, 0.29) is 22.5 Å². The lowest BCUT2D eigenvalue weighted by atomic mass is 10.1. The van der Waals surface area contributed by atoms with Crippen molar-refractivity contribution in [1.29, 1.82) is 0 Å². The number of likely N-dealkylation sites (N-methyl/N-ethyl adjacent to an activating group) is 1. The van der Waals surface area contributed by atoms with Gasteiger partial charge in [0.05, 0.1) is 33.6 Å². The number of nitrogens with zero attached hydrogens (tertiary/aromatic N) is 13. The van der Waals surface area contributed by atoms with Gasteiger partial charge in [0.15, 0.2) is 34.9 Å². The maximum absolute atomic E-state index is 13.6. The minimum Gasteiger partial charge on any atom is -0.352 e. The fourth-order valence-corrected chi connectivity index (χ4v) is 10.4. The van der Waals surface area contributed by atoms with E-state index in [0.717, 1.165) is 136 Å². The number of non-ortho nitro benzene ring substituents is 2. The maximum atomic E-state index is 13.6. The van der Waals surface area contributed by atoms with Gasteiger partial charge in [-0.15, -0.1) is 0 Å². The third-order valence-electron chi connectivity index (χ3n) is 14.7. The van der Waals surface area contributed by atoms with E-state index < -0.39 is 28.2 Å². The van der Waals surface area contributed by atoms with Crippen molar-refractivity contribution in [3.8, 4) is 0 Å². The van der Waals surface area contributed by atoms with Gasteiger partial charge < -0.3 is 24.7 Å². The van der Waals surface area contributed by atoms with Gasteiger partial charge in [-0.3, -0.25) is 39.8 Å². The normalized spacial score (nSPS) is 17.0. The van der Waals surface area contributed by atoms with Gasteiger partial charge in [0.1, 0.15) is 23.0 Å². The van der Waals surface area contributed by atoms with Gasteiger partial charge in [-0.2, -0.15) is 0 Å². The number of rotatable bonds is 14. The van der Waals surface area contributed by atoms with Crippen LogP contribution in [-0.2, 0) is 19.4 Å². The van der Waals surface area contributed by atoms with Crippen molar-refractivity contribution in [1.82, 2.24) is 59.3 Å². The lowest BCUT2D eigenvalue weighted by Gasteiger charge is -2.41. The van der Waals surface area contributed by atoms with Gasteiger partial charge in [0.25, 0.3) is 11.4 Å². The first-order chi connectivity index (χ1) is 36.6. The zero-order chi connectivity index (χ0) is 53.2. The highest BCUT2D eigenvalue weighted by Gasteiger charge is 2.30. The Morgan fingerprint density at radius 3 is 1.70 bits per heavy atom. The molecule has 398 valence electrons. The Hall–Kier alpha value is -7.28. The molecule has 0 spiro atoms. The molecule has 1 atom stereocenters. The number of piperazine rings is 3. The molecule has 3 fully saturated rings. The molecule has 11 rings (SSSR count). The van der Waals surface area contributed by atoms with Gasteiger partial charge in [0.2, 0.25) is 0 Å². The molecule has 8 aromatic rings. The lowest BCUT2D eigenvalue weighted by molar-refractivity contribution is -0.384. The molecular formula is C53H59F4N15O4. The topological polar surface area (TPSA) is 192 Å². The highest BCUT2D eigenvalue weighted by molar-refractivity contribution is 6.09. The average molecular weight is 1050 g/mol. The quantitative estimate of drug-likeness (QED) is 0.0635. The molecule has 23 heteroatoms. The summed E-state index contributed by atoms with van der Waals surface area (Å²) < 4.78 is 53.5. The smallest absolute Gasteiger partial charge is 0.270 e. The third kappa shape index (κ3) is 11.6. The standard InChI is InChI=1S/C28H32F2N8O2.C25H27F2N7O2/c1-34-8-10-36(11-9-34)18-25-32-26-21-17-20(38(39)40)3-5-24(21)31-27(26)28(33-25)37-14-12-35(13-15-37)7-6-19-2-4-22(29)23(30)16-19;1-31(2)25(33-11-9-32(10-12-33)8-7-16-3-5-19(26)20(27)13-16)24-28-15-22-23(30-24)18-14-17(34(35)36)4-6-21(18)29-22/h2-5,16-17,31H,6-15,18H2,1H3;3-6,13-15,25,29H,7-12H2,1-2H3. The summed E-state index contributed by atoms with van der Waals surface area (Å²) in [7, 11) is 6.08. The summed E-state index contributed by atoms with van der Waals surface area (Å²) >= 11 is 0. The molecular weight excluding hydrogens is 987 g/mol. The molecule has 4 aromatic carbocycles. The number of nitrogens with one attached hydrogen (secondary N) is 2. The van der Waals surface area contributed by atoms with Gasteiger partial charge in [0, 0.05) is 138 Å². The molecule has 0 radical (unpaired) electrons. The summed E-state index contributed by atoms with van der Waals surface area (Å²) in [5, 5.41) is 24.2. The minimum atomic E-state index is -0.827. The summed E-state index contributed by atoms with van der Waals surface area (Å²) in [6.07, 6.45) is 2.87. The number of fused-ring (bicyclic) bond motifs is 6. The van der Waals surface area contributed by atoms with Crippen molar-refractivity contribution in [2.24, 2.45) is 0 Å². The maximum Gasteiger partial charge on any atom is 0.270 e. The van der Waals surface area contributed by atoms with Crippen molar-refractivity contribution in [3.05, 3.63) is 145 Å². The van der Waals surface area contributed by atoms with E-state index >= 15 is 0 Å². The largest absolute Gasteiger partial charge is 0.352 e. The van der Waals surface area contributed by atoms with Crippen LogP contribution in [0.15, 0.2) is 79.0 Å². The van der Waals surface area contributed by atoms with E-state index in [1.165, 1.54) is 36.4 Å². The van der Waals surface area contributed by atoms with Crippen molar-refractivity contribution in [2.45, 2.75) is 25.6 Å². The number of hydrogen-bond acceptors (Lipinski definition) is 15. The molecule has 3 saturated heterocycles. The second-order valence-electron chi connectivity index (χ2n) is 20.0. The van der Waals surface area contributed by atoms with E-state index in [9.17, 15) is 37.8 Å². The number of halogens is 4. The molecule has 19 nitrogen and oxygen atoms in total. The Morgan fingerprint density at radius 2 is 1.14 bits per heavy atom. The molecule has 0 amide bonds. The van der Waals surface area contributed by atoms with E-state index in [1.54, 1.807) is 42.6 Å². The highest BCUT2D eigenvalue weighted by Crippen LogP contribution is 2.34. The molecule has 3 aliphatic rings. The first kappa shape index (κ1) is 52.2. The fourth-order valence-electron chi connectivity index (χ4n) is 10.4. The lowest BCUT2D eigenvalue weighted by Crippen LogP contribution is -2.51. The Morgan fingerprint density at radius 1 is 0.605 bits per heavy atom. The second-order valence-corrected chi connectivity index (χ2v) is 20.0. The van der Waals surface area contributed by atoms with Crippen molar-refractivity contribution in [3.63, 3.8) is 0 Å². The van der Waals surface area contributed by atoms with Crippen LogP contribution in [0.2, 0.25) is 0 Å². The number of aromatic amines is 2. The number of anilines is 1. The van der Waals surface area contributed by atoms with Gasteiger partial charge >= 0.3 is 0 Å². The number of nitro groups is 2. The van der Waals surface area contributed by atoms with Crippen LogP contribution in [0.4, 0.5) is 34.8 Å². The highest BCUT2D eigenvalue weighted by atomic mass is 19.2. The molecule has 76 heavy (non-hydrogen) atoms. The fraction of sp³-hybridized carbons (Fsp3) is 0.396. The van der Waals surface area contributed by atoms with E-state index in [0.29, 0.717) is 47.5 Å². The van der Waals surface area contributed by atoms with Gasteiger partial charge in [-0.25, -0.2) is 37.5 Å². The first-order valence-corrected chi connectivity index (χ1v) is 25.4. The number of nitro benzene ring substituents is 2. The van der Waals surface area contributed by atoms with Crippen LogP contribution in [0.5, 0.6) is 0 Å². The number of H-pyrrole nitrogens is 2. The molecule has 3 aliphatic heterocycles. The Labute approximate surface area is 435 Å². The average Bonchev–Trinajstić information content (AvgIpc) is 3.98. The van der Waals surface area contributed by atoms with E-state index in [2.05, 4.69) is 56.3 Å². The SMILES string of the molecule is CN(C)C(c1ncc2[nH]c3ccc([N+](=O)[O-])cc3c2n1)N1CCN(CCc2ccc(F)c(F)c2)CC1.CN1CCN(Cc2nc(N3CCN(CCc4ccc(F)c(F)c4)CC3)c3[nH]c4ccc([N+](=O)[O-])cc4c3n2)CC1. The van der Waals surface area contributed by atoms with Crippen LogP contribution < -0.4 is 4.90 Å². The Bertz CT molecular complexity index is 3410. The van der Waals surface area contributed by atoms with Gasteiger partial charge in [-0.05, 0) is 81.5 Å². The summed E-state index contributed by atoms with van der Waals surface area (Å²) in [6.45, 7) is 12.3. The predicted molar refractivity (Wildman–Crippen MR) is 282 cm³/mol. The number of hydrogen-bond donors (Lipinski definition) is 2. The predicted octanol–water partition coefficient (Wildman–Crippen LogP) is 7.13. The Balaban J connectivity index is 0.000000174. The minimum absolute atomic E-state index is 0.0206. The van der Waals surface area contributed by atoms with E-state index in [4.69, 9.17) is 15.0 Å². The molecule has 7 heterocycles. The van der Waals surface area contributed by atoms with Crippen LogP contribution in [-0.4, -0.2) is 182 Å². The van der Waals surface area contributed by atoms with Crippen molar-refractivity contribution >= 4 is 61.1 Å². The summed E-state index contributed by atoms with van der Waals surface area (Å²) in [6, 6.07) is 17.7. The van der Waals surface area contributed by atoms with Crippen LogP contribution in [0.1, 0.15) is 28.9 Å². The monoisotopic (exact) mass is 1050 g/mol. The summed E-state index contributed by atoms with van der Waals surface area (Å²) in [5.41, 5.74) is 6.06. The van der Waals surface area contributed by atoms with Gasteiger partial charge in [-0.1, -0.05) is 12.1 Å². The van der Waals surface area contributed by atoms with E-state index in [1.807, 2.05) is 14.1 Å². The molecule has 1 unspecified atom stereocenters. The molecule has 0 saturated carbocycles. The first-order valence-electron chi connectivity index (χ1n) is 25.4. The van der Waals surface area contributed by atoms with Crippen molar-refractivity contribution < 1.29 is 27.4 Å². The zero-order valence-corrected chi connectivity index (χ0v) is 42.6. The van der Waals surface area contributed by atoms with Crippen LogP contribution in [0.25, 0.3) is 43.9 Å². The summed E-state index contributed by atoms with van der Waals surface area (Å²) in [5.74, 6) is -1.12. The summed E-state index contributed by atoms with van der Waals surface area (Å²) in [4.78, 5) is 63.9. The Kier molecular flexibility index (Phi) is 15.5. The molecule has 2 N–H and O–H groups in total. The molecule has 0 aliphatic carbocycles.